The van der Waals surface area contributed by atoms with E-state index in [9.17, 15) is 9.59 Å². The van der Waals surface area contributed by atoms with E-state index in [1.807, 2.05) is 17.9 Å². The van der Waals surface area contributed by atoms with Crippen molar-refractivity contribution in [2.24, 2.45) is 11.3 Å². The minimum Gasteiger partial charge on any atom is -0.355 e. The number of piperidine rings is 1. The normalized spacial score (nSPS) is 26.0. The minimum atomic E-state index is -0.538. The van der Waals surface area contributed by atoms with Crippen molar-refractivity contribution in [2.45, 2.75) is 32.6 Å². The van der Waals surface area contributed by atoms with Gasteiger partial charge < -0.3 is 10.2 Å². The van der Waals surface area contributed by atoms with Crippen LogP contribution in [0.2, 0.25) is 0 Å². The molecule has 1 unspecified atom stereocenters. The molecule has 1 aromatic rings. The molecule has 4 nitrogen and oxygen atoms in total. The first-order chi connectivity index (χ1) is 10.6. The van der Waals surface area contributed by atoms with E-state index in [2.05, 4.69) is 29.6 Å². The predicted molar refractivity (Wildman–Crippen MR) is 85.2 cm³/mol. The maximum Gasteiger partial charge on any atom is 0.230 e. The molecule has 2 fully saturated rings. The van der Waals surface area contributed by atoms with Gasteiger partial charge in [0, 0.05) is 26.1 Å². The maximum atomic E-state index is 12.7. The van der Waals surface area contributed by atoms with Crippen LogP contribution in [0.15, 0.2) is 30.3 Å². The standard InChI is InChI=1S/C18H24N2O2/c1-18(12-16(21)19-13-18)17(22)20-9-7-15(8-10-20)11-14-5-3-2-4-6-14/h2-6,15H,7-13H2,1H3,(H,19,21). The smallest absolute Gasteiger partial charge is 0.230 e. The van der Waals surface area contributed by atoms with Crippen LogP contribution in [0.1, 0.15) is 31.7 Å². The average molecular weight is 300 g/mol. The SMILES string of the molecule is CC1(C(=O)N2CCC(Cc3ccccc3)CC2)CNC(=O)C1. The quantitative estimate of drug-likeness (QED) is 0.928. The molecule has 1 aromatic carbocycles. The Kier molecular flexibility index (Phi) is 4.19. The van der Waals surface area contributed by atoms with Crippen molar-refractivity contribution in [2.75, 3.05) is 19.6 Å². The van der Waals surface area contributed by atoms with Crippen LogP contribution >= 0.6 is 0 Å². The molecule has 0 spiro atoms. The average Bonchev–Trinajstić information content (AvgIpc) is 2.89. The van der Waals surface area contributed by atoms with Gasteiger partial charge in [0.05, 0.1) is 5.41 Å². The van der Waals surface area contributed by atoms with Crippen molar-refractivity contribution in [3.05, 3.63) is 35.9 Å². The van der Waals surface area contributed by atoms with E-state index < -0.39 is 5.41 Å². The van der Waals surface area contributed by atoms with Crippen LogP contribution in [-0.4, -0.2) is 36.3 Å². The summed E-state index contributed by atoms with van der Waals surface area (Å²) in [4.78, 5) is 26.0. The third kappa shape index (κ3) is 3.16. The molecule has 22 heavy (non-hydrogen) atoms. The first-order valence-electron chi connectivity index (χ1n) is 8.17. The summed E-state index contributed by atoms with van der Waals surface area (Å²) < 4.78 is 0. The molecule has 1 N–H and O–H groups in total. The number of nitrogens with zero attached hydrogens (tertiary/aromatic N) is 1. The third-order valence-electron chi connectivity index (χ3n) is 5.01. The van der Waals surface area contributed by atoms with Crippen molar-refractivity contribution >= 4 is 11.8 Å². The number of nitrogens with one attached hydrogen (secondary N) is 1. The first-order valence-corrected chi connectivity index (χ1v) is 8.17. The van der Waals surface area contributed by atoms with Crippen LogP contribution in [0.4, 0.5) is 0 Å². The van der Waals surface area contributed by atoms with Gasteiger partial charge in [-0.05, 0) is 37.7 Å². The molecule has 118 valence electrons. The van der Waals surface area contributed by atoms with Crippen LogP contribution in [0.3, 0.4) is 0 Å². The van der Waals surface area contributed by atoms with Crippen molar-refractivity contribution in [3.63, 3.8) is 0 Å². The number of rotatable bonds is 3. The van der Waals surface area contributed by atoms with Gasteiger partial charge in [0.15, 0.2) is 0 Å². The predicted octanol–water partition coefficient (Wildman–Crippen LogP) is 1.99. The van der Waals surface area contributed by atoms with Gasteiger partial charge in [-0.3, -0.25) is 9.59 Å². The summed E-state index contributed by atoms with van der Waals surface area (Å²) in [6, 6.07) is 10.6. The largest absolute Gasteiger partial charge is 0.355 e. The molecule has 2 aliphatic heterocycles. The highest BCUT2D eigenvalue weighted by Crippen LogP contribution is 2.30. The number of hydrogen-bond acceptors (Lipinski definition) is 2. The summed E-state index contributed by atoms with van der Waals surface area (Å²) in [5, 5.41) is 2.79. The minimum absolute atomic E-state index is 0.00480. The molecule has 1 atom stereocenters. The molecule has 0 aromatic heterocycles. The van der Waals surface area contributed by atoms with Gasteiger partial charge in [-0.25, -0.2) is 0 Å². The van der Waals surface area contributed by atoms with Crippen molar-refractivity contribution in [1.82, 2.24) is 10.2 Å². The fourth-order valence-corrected chi connectivity index (χ4v) is 3.59. The molecule has 2 heterocycles. The highest BCUT2D eigenvalue weighted by atomic mass is 16.2. The Morgan fingerprint density at radius 3 is 2.55 bits per heavy atom. The van der Waals surface area contributed by atoms with E-state index in [0.29, 0.717) is 18.9 Å². The Labute approximate surface area is 131 Å². The topological polar surface area (TPSA) is 49.4 Å². The Morgan fingerprint density at radius 1 is 1.27 bits per heavy atom. The van der Waals surface area contributed by atoms with Crippen LogP contribution in [0, 0.1) is 11.3 Å². The second-order valence-electron chi connectivity index (χ2n) is 6.94. The Balaban J connectivity index is 1.53. The van der Waals surface area contributed by atoms with E-state index in [4.69, 9.17) is 0 Å². The summed E-state index contributed by atoms with van der Waals surface area (Å²) in [5.41, 5.74) is 0.841. The lowest BCUT2D eigenvalue weighted by Crippen LogP contribution is -2.47. The lowest BCUT2D eigenvalue weighted by molar-refractivity contribution is -0.142. The monoisotopic (exact) mass is 300 g/mol. The zero-order valence-corrected chi connectivity index (χ0v) is 13.2. The maximum absolute atomic E-state index is 12.7. The molecule has 0 saturated carbocycles. The molecule has 0 radical (unpaired) electrons. The molecule has 2 amide bonds. The molecule has 2 aliphatic rings. The third-order valence-corrected chi connectivity index (χ3v) is 5.01. The fraction of sp³-hybridized carbons (Fsp3) is 0.556. The van der Waals surface area contributed by atoms with Crippen molar-refractivity contribution in [3.8, 4) is 0 Å². The Bertz CT molecular complexity index is 549. The highest BCUT2D eigenvalue weighted by Gasteiger charge is 2.43. The van der Waals surface area contributed by atoms with Crippen LogP contribution in [0.25, 0.3) is 0 Å². The highest BCUT2D eigenvalue weighted by molar-refractivity contribution is 5.92. The molecule has 0 bridgehead atoms. The van der Waals surface area contributed by atoms with Gasteiger partial charge in [0.1, 0.15) is 0 Å². The van der Waals surface area contributed by atoms with E-state index >= 15 is 0 Å². The van der Waals surface area contributed by atoms with E-state index in [1.165, 1.54) is 5.56 Å². The molecular weight excluding hydrogens is 276 g/mol. The fourth-order valence-electron chi connectivity index (χ4n) is 3.59. The second kappa shape index (κ2) is 6.11. The number of hydrogen-bond donors (Lipinski definition) is 1. The number of likely N-dealkylation sites (tertiary alicyclic amines) is 1. The lowest BCUT2D eigenvalue weighted by atomic mass is 9.85. The van der Waals surface area contributed by atoms with E-state index in [0.717, 1.165) is 32.4 Å². The van der Waals surface area contributed by atoms with Crippen LogP contribution < -0.4 is 5.32 Å². The molecule has 2 saturated heterocycles. The van der Waals surface area contributed by atoms with Gasteiger partial charge in [-0.2, -0.15) is 0 Å². The molecule has 0 aliphatic carbocycles. The van der Waals surface area contributed by atoms with E-state index in [1.54, 1.807) is 0 Å². The van der Waals surface area contributed by atoms with Crippen molar-refractivity contribution < 1.29 is 9.59 Å². The van der Waals surface area contributed by atoms with Gasteiger partial charge in [0.25, 0.3) is 0 Å². The number of carbonyl (C=O) groups excluding carboxylic acids is 2. The number of amides is 2. The van der Waals surface area contributed by atoms with Crippen LogP contribution in [-0.2, 0) is 16.0 Å². The van der Waals surface area contributed by atoms with Crippen molar-refractivity contribution in [1.29, 1.82) is 0 Å². The van der Waals surface area contributed by atoms with Gasteiger partial charge in [-0.15, -0.1) is 0 Å². The zero-order valence-electron chi connectivity index (χ0n) is 13.2. The Morgan fingerprint density at radius 2 is 1.95 bits per heavy atom. The molecular formula is C18H24N2O2. The molecule has 3 rings (SSSR count). The van der Waals surface area contributed by atoms with E-state index in [-0.39, 0.29) is 11.8 Å². The first kappa shape index (κ1) is 15.1. The van der Waals surface area contributed by atoms with Gasteiger partial charge in [0.2, 0.25) is 11.8 Å². The number of carbonyl (C=O) groups is 2. The summed E-state index contributed by atoms with van der Waals surface area (Å²) in [6.07, 6.45) is 3.53. The summed E-state index contributed by atoms with van der Waals surface area (Å²) in [7, 11) is 0. The van der Waals surface area contributed by atoms with Gasteiger partial charge in [-0.1, -0.05) is 30.3 Å². The number of benzene rings is 1. The lowest BCUT2D eigenvalue weighted by Gasteiger charge is -2.36. The van der Waals surface area contributed by atoms with Gasteiger partial charge >= 0.3 is 0 Å². The zero-order chi connectivity index (χ0) is 15.6. The summed E-state index contributed by atoms with van der Waals surface area (Å²) in [6.45, 7) is 4.03. The summed E-state index contributed by atoms with van der Waals surface area (Å²) in [5.74, 6) is 0.793. The van der Waals surface area contributed by atoms with Crippen LogP contribution in [0.5, 0.6) is 0 Å². The Hall–Kier alpha value is -1.84. The molecule has 4 heteroatoms. The summed E-state index contributed by atoms with van der Waals surface area (Å²) >= 11 is 0. The second-order valence-corrected chi connectivity index (χ2v) is 6.94.